The molecule has 162 valence electrons. The second-order valence-corrected chi connectivity index (χ2v) is 9.94. The molecule has 2 aromatic carbocycles. The van der Waals surface area contributed by atoms with Gasteiger partial charge in [-0.1, -0.05) is 28.9 Å². The highest BCUT2D eigenvalue weighted by Crippen LogP contribution is 2.28. The molecule has 31 heavy (non-hydrogen) atoms. The maximum atomic E-state index is 12.5. The van der Waals surface area contributed by atoms with Crippen molar-refractivity contribution in [3.63, 3.8) is 0 Å². The number of anilines is 1. The highest BCUT2D eigenvalue weighted by atomic mass is 35.5. The van der Waals surface area contributed by atoms with Crippen LogP contribution in [0.5, 0.6) is 0 Å². The van der Waals surface area contributed by atoms with Gasteiger partial charge in [-0.3, -0.25) is 4.79 Å². The van der Waals surface area contributed by atoms with E-state index in [4.69, 9.17) is 16.1 Å². The van der Waals surface area contributed by atoms with Gasteiger partial charge >= 0.3 is 0 Å². The Morgan fingerprint density at radius 2 is 1.87 bits per heavy atom. The highest BCUT2D eigenvalue weighted by molar-refractivity contribution is 7.90. The summed E-state index contributed by atoms with van der Waals surface area (Å²) in [5.74, 6) is -0.248. The molecule has 7 nitrogen and oxygen atoms in total. The lowest BCUT2D eigenvalue weighted by Crippen LogP contribution is -2.15. The van der Waals surface area contributed by atoms with Crippen molar-refractivity contribution in [2.75, 3.05) is 5.32 Å². The van der Waals surface area contributed by atoms with E-state index < -0.39 is 9.84 Å². The standard InChI is InChI=1S/C22H22ClN3O4S/c23-16-8-10-17(11-9-16)31(28,29)14-20-25-22(30-26-20)13-12-21(27)24-19-7-3-5-15-4-1-2-6-18(15)19/h3,5,7-11H,1-2,4,6,12-14H2,(H,24,27). The third-order valence-electron chi connectivity index (χ3n) is 5.24. The minimum Gasteiger partial charge on any atom is -0.339 e. The first-order valence-electron chi connectivity index (χ1n) is 10.1. The molecule has 1 amide bonds. The van der Waals surface area contributed by atoms with E-state index in [1.54, 1.807) is 0 Å². The molecule has 0 bridgehead atoms. The first-order valence-corrected chi connectivity index (χ1v) is 12.1. The lowest BCUT2D eigenvalue weighted by molar-refractivity contribution is -0.116. The maximum absolute atomic E-state index is 12.5. The van der Waals surface area contributed by atoms with E-state index >= 15 is 0 Å². The highest BCUT2D eigenvalue weighted by Gasteiger charge is 2.20. The fraction of sp³-hybridized carbons (Fsp3) is 0.318. The second-order valence-electron chi connectivity index (χ2n) is 7.52. The van der Waals surface area contributed by atoms with Gasteiger partial charge in [0.2, 0.25) is 11.8 Å². The Bertz CT molecular complexity index is 1190. The molecule has 4 rings (SSSR count). The summed E-state index contributed by atoms with van der Waals surface area (Å²) in [6.07, 6.45) is 4.72. The zero-order chi connectivity index (χ0) is 21.8. The molecule has 0 unspecified atom stereocenters. The van der Waals surface area contributed by atoms with E-state index in [-0.39, 0.29) is 41.1 Å². The number of sulfone groups is 1. The van der Waals surface area contributed by atoms with Crippen LogP contribution in [0.4, 0.5) is 5.69 Å². The molecule has 0 radical (unpaired) electrons. The summed E-state index contributed by atoms with van der Waals surface area (Å²) >= 11 is 5.80. The van der Waals surface area contributed by atoms with E-state index in [1.165, 1.54) is 41.8 Å². The Kier molecular flexibility index (Phi) is 6.38. The molecule has 3 aromatic rings. The molecule has 1 aliphatic carbocycles. The number of fused-ring (bicyclic) bond motifs is 1. The molecule has 0 saturated carbocycles. The van der Waals surface area contributed by atoms with Crippen LogP contribution in [0.2, 0.25) is 5.02 Å². The van der Waals surface area contributed by atoms with Gasteiger partial charge in [-0.15, -0.1) is 0 Å². The SMILES string of the molecule is O=C(CCc1nc(CS(=O)(=O)c2ccc(Cl)cc2)no1)Nc1cccc2c1CCCC2. The van der Waals surface area contributed by atoms with E-state index in [1.807, 2.05) is 12.1 Å². The third kappa shape index (κ3) is 5.32. The van der Waals surface area contributed by atoms with Gasteiger partial charge < -0.3 is 9.84 Å². The Balaban J connectivity index is 1.34. The van der Waals surface area contributed by atoms with Crippen molar-refractivity contribution in [1.82, 2.24) is 10.1 Å². The van der Waals surface area contributed by atoms with Crippen LogP contribution in [0.3, 0.4) is 0 Å². The van der Waals surface area contributed by atoms with Crippen molar-refractivity contribution in [2.45, 2.75) is 49.2 Å². The van der Waals surface area contributed by atoms with Gasteiger partial charge in [-0.05, 0) is 67.1 Å². The lowest BCUT2D eigenvalue weighted by Gasteiger charge is -2.19. The van der Waals surface area contributed by atoms with Crippen molar-refractivity contribution < 1.29 is 17.7 Å². The molecule has 1 aliphatic rings. The number of halogens is 1. The molecule has 9 heteroatoms. The lowest BCUT2D eigenvalue weighted by atomic mass is 9.90. The van der Waals surface area contributed by atoms with Crippen LogP contribution in [-0.2, 0) is 39.6 Å². The normalized spacial score (nSPS) is 13.6. The quantitative estimate of drug-likeness (QED) is 0.569. The van der Waals surface area contributed by atoms with E-state index in [2.05, 4.69) is 21.5 Å². The molecular formula is C22H22ClN3O4S. The van der Waals surface area contributed by atoms with Gasteiger partial charge in [-0.2, -0.15) is 4.98 Å². The number of carbonyl (C=O) groups is 1. The first kappa shape index (κ1) is 21.5. The molecular weight excluding hydrogens is 438 g/mol. The van der Waals surface area contributed by atoms with E-state index in [0.717, 1.165) is 24.9 Å². The fourth-order valence-electron chi connectivity index (χ4n) is 3.68. The summed E-state index contributed by atoms with van der Waals surface area (Å²) < 4.78 is 30.1. The van der Waals surface area contributed by atoms with Gasteiger partial charge in [-0.25, -0.2) is 8.42 Å². The van der Waals surface area contributed by atoms with Crippen molar-refractivity contribution in [3.05, 3.63) is 70.3 Å². The molecule has 0 saturated heterocycles. The number of amides is 1. The van der Waals surface area contributed by atoms with Gasteiger partial charge in [0.1, 0.15) is 5.75 Å². The monoisotopic (exact) mass is 459 g/mol. The molecule has 0 fully saturated rings. The van der Waals surface area contributed by atoms with Crippen molar-refractivity contribution in [1.29, 1.82) is 0 Å². The van der Waals surface area contributed by atoms with E-state index in [9.17, 15) is 13.2 Å². The van der Waals surface area contributed by atoms with E-state index in [0.29, 0.717) is 5.02 Å². The Labute approximate surface area is 185 Å². The molecule has 1 N–H and O–H groups in total. The van der Waals surface area contributed by atoms with Crippen molar-refractivity contribution in [2.24, 2.45) is 0 Å². The van der Waals surface area contributed by atoms with Crippen LogP contribution in [-0.4, -0.2) is 24.5 Å². The third-order valence-corrected chi connectivity index (χ3v) is 7.12. The summed E-state index contributed by atoms with van der Waals surface area (Å²) in [5.41, 5.74) is 3.38. The van der Waals surface area contributed by atoms with Crippen LogP contribution in [0.15, 0.2) is 51.9 Å². The Hall–Kier alpha value is -2.71. The second kappa shape index (κ2) is 9.20. The largest absolute Gasteiger partial charge is 0.339 e. The van der Waals surface area contributed by atoms with Gasteiger partial charge in [0.15, 0.2) is 15.7 Å². The number of carbonyl (C=O) groups excluding carboxylic acids is 1. The van der Waals surface area contributed by atoms with Gasteiger partial charge in [0.25, 0.3) is 0 Å². The van der Waals surface area contributed by atoms with Crippen LogP contribution in [0.25, 0.3) is 0 Å². The maximum Gasteiger partial charge on any atom is 0.227 e. The topological polar surface area (TPSA) is 102 Å². The molecule has 0 aliphatic heterocycles. The smallest absolute Gasteiger partial charge is 0.227 e. The van der Waals surface area contributed by atoms with Gasteiger partial charge in [0.05, 0.1) is 4.90 Å². The average molecular weight is 460 g/mol. The van der Waals surface area contributed by atoms with Crippen LogP contribution in [0.1, 0.15) is 42.1 Å². The average Bonchev–Trinajstić information content (AvgIpc) is 3.19. The number of rotatable bonds is 7. The molecule has 1 aromatic heterocycles. The minimum atomic E-state index is -3.62. The van der Waals surface area contributed by atoms with Crippen LogP contribution >= 0.6 is 11.6 Å². The minimum absolute atomic E-state index is 0.0579. The molecule has 1 heterocycles. The number of benzene rings is 2. The predicted octanol–water partition coefficient (Wildman–Crippen LogP) is 4.15. The summed E-state index contributed by atoms with van der Waals surface area (Å²) in [4.78, 5) is 16.7. The zero-order valence-electron chi connectivity index (χ0n) is 16.8. The number of hydrogen-bond acceptors (Lipinski definition) is 6. The summed E-state index contributed by atoms with van der Waals surface area (Å²) in [6, 6.07) is 11.9. The first-order chi connectivity index (χ1) is 14.9. The number of aromatic nitrogens is 2. The number of nitrogens with zero attached hydrogens (tertiary/aromatic N) is 2. The molecule has 0 atom stereocenters. The number of aryl methyl sites for hydroxylation is 2. The number of hydrogen-bond donors (Lipinski definition) is 1. The Morgan fingerprint density at radius 3 is 2.68 bits per heavy atom. The number of nitrogens with one attached hydrogen (secondary N) is 1. The van der Waals surface area contributed by atoms with Crippen molar-refractivity contribution in [3.8, 4) is 0 Å². The zero-order valence-corrected chi connectivity index (χ0v) is 18.4. The van der Waals surface area contributed by atoms with Crippen LogP contribution < -0.4 is 5.32 Å². The summed E-state index contributed by atoms with van der Waals surface area (Å²) in [5, 5.41) is 7.17. The molecule has 0 spiro atoms. The predicted molar refractivity (Wildman–Crippen MR) is 117 cm³/mol. The van der Waals surface area contributed by atoms with Gasteiger partial charge in [0, 0.05) is 23.6 Å². The summed E-state index contributed by atoms with van der Waals surface area (Å²) in [6.45, 7) is 0. The Morgan fingerprint density at radius 1 is 1.10 bits per heavy atom. The fourth-order valence-corrected chi connectivity index (χ4v) is 4.98. The van der Waals surface area contributed by atoms with Crippen molar-refractivity contribution >= 4 is 33.0 Å². The van der Waals surface area contributed by atoms with Crippen LogP contribution in [0, 0.1) is 0 Å². The summed E-state index contributed by atoms with van der Waals surface area (Å²) in [7, 11) is -3.62.